The van der Waals surface area contributed by atoms with Gasteiger partial charge in [-0.25, -0.2) is 9.59 Å². The quantitative estimate of drug-likeness (QED) is 0.772. The first-order valence-corrected chi connectivity index (χ1v) is 8.56. The van der Waals surface area contributed by atoms with E-state index < -0.39 is 23.7 Å². The zero-order valence-corrected chi connectivity index (χ0v) is 15.5. The van der Waals surface area contributed by atoms with Gasteiger partial charge in [0.15, 0.2) is 0 Å². The molecule has 0 aromatic heterocycles. The minimum absolute atomic E-state index is 0.102. The van der Waals surface area contributed by atoms with E-state index in [2.05, 4.69) is 5.32 Å². The highest BCUT2D eigenvalue weighted by atomic mass is 16.6. The summed E-state index contributed by atoms with van der Waals surface area (Å²) in [6, 6.07) is 15.7. The van der Waals surface area contributed by atoms with Crippen molar-refractivity contribution in [2.24, 2.45) is 0 Å². The van der Waals surface area contributed by atoms with Crippen LogP contribution in [0.15, 0.2) is 54.6 Å². The number of nitrogens with one attached hydrogen (secondary N) is 1. The maximum Gasteiger partial charge on any atom is 0.408 e. The molecule has 0 unspecified atom stereocenters. The van der Waals surface area contributed by atoms with Gasteiger partial charge >= 0.3 is 12.1 Å². The van der Waals surface area contributed by atoms with Gasteiger partial charge < -0.3 is 19.9 Å². The van der Waals surface area contributed by atoms with Crippen LogP contribution < -0.4 is 10.1 Å². The van der Waals surface area contributed by atoms with E-state index in [4.69, 9.17) is 10.8 Å². The Bertz CT molecular complexity index is 777. The zero-order chi connectivity index (χ0) is 20.6. The third kappa shape index (κ3) is 7.40. The first-order chi connectivity index (χ1) is 13.3. The molecular weight excluding hydrogens is 346 g/mol. The minimum atomic E-state index is -1.16. The molecule has 0 radical (unpaired) electrons. The van der Waals surface area contributed by atoms with Gasteiger partial charge in [-0.1, -0.05) is 42.5 Å². The van der Waals surface area contributed by atoms with Gasteiger partial charge in [0.25, 0.3) is 0 Å². The van der Waals surface area contributed by atoms with Crippen LogP contribution in [0.2, 0.25) is 0 Å². The van der Waals surface area contributed by atoms with Crippen molar-refractivity contribution in [1.29, 1.82) is 0 Å². The molecule has 0 saturated heterocycles. The lowest BCUT2D eigenvalue weighted by Crippen LogP contribution is -2.44. The van der Waals surface area contributed by atoms with E-state index >= 15 is 0 Å². The Labute approximate surface area is 160 Å². The standard InChI is InChI=1S/C21H25NO5/c1-21(2,3)27-20(25)22-18(19(23)24)13-15-9-11-17(12-10-15)26-14-16-7-5-4-6-8-16/h4-12,18H,13-14H2,1-3H3,(H,22,25)(H,23,24)/t18-/m0/s1/i1D. The van der Waals surface area contributed by atoms with Crippen molar-refractivity contribution in [2.45, 2.75) is 45.4 Å². The van der Waals surface area contributed by atoms with Crippen molar-refractivity contribution in [2.75, 3.05) is 0 Å². The van der Waals surface area contributed by atoms with Crippen molar-refractivity contribution < 1.29 is 25.5 Å². The summed E-state index contributed by atoms with van der Waals surface area (Å²) < 4.78 is 18.1. The number of rotatable bonds is 7. The third-order valence-corrected chi connectivity index (χ3v) is 3.57. The van der Waals surface area contributed by atoms with E-state index in [1.807, 2.05) is 30.3 Å². The highest BCUT2D eigenvalue weighted by molar-refractivity contribution is 5.80. The number of hydrogen-bond donors (Lipinski definition) is 2. The molecule has 0 fully saturated rings. The average molecular weight is 372 g/mol. The summed E-state index contributed by atoms with van der Waals surface area (Å²) >= 11 is 0. The van der Waals surface area contributed by atoms with Crippen molar-refractivity contribution in [3.05, 3.63) is 65.7 Å². The van der Waals surface area contributed by atoms with Gasteiger partial charge in [0.05, 0.1) is 0 Å². The van der Waals surface area contributed by atoms with Crippen LogP contribution in [0.1, 0.15) is 33.2 Å². The summed E-state index contributed by atoms with van der Waals surface area (Å²) in [6.07, 6.45) is -0.752. The Morgan fingerprint density at radius 1 is 1.11 bits per heavy atom. The largest absolute Gasteiger partial charge is 0.489 e. The summed E-state index contributed by atoms with van der Waals surface area (Å²) in [7, 11) is 0. The second kappa shape index (κ2) is 9.07. The van der Waals surface area contributed by atoms with Crippen LogP contribution in [-0.4, -0.2) is 28.8 Å². The van der Waals surface area contributed by atoms with E-state index in [1.165, 1.54) is 0 Å². The Morgan fingerprint density at radius 2 is 1.78 bits per heavy atom. The van der Waals surface area contributed by atoms with E-state index in [9.17, 15) is 14.7 Å². The number of carbonyl (C=O) groups excluding carboxylic acids is 1. The number of benzene rings is 2. The van der Waals surface area contributed by atoms with Gasteiger partial charge in [-0.15, -0.1) is 0 Å². The Morgan fingerprint density at radius 3 is 2.37 bits per heavy atom. The fourth-order valence-electron chi connectivity index (χ4n) is 2.32. The second-order valence-electron chi connectivity index (χ2n) is 6.81. The molecule has 144 valence electrons. The van der Waals surface area contributed by atoms with Crippen molar-refractivity contribution in [3.8, 4) is 5.75 Å². The fraction of sp³-hybridized carbons (Fsp3) is 0.333. The number of amides is 1. The van der Waals surface area contributed by atoms with Gasteiger partial charge in [0.1, 0.15) is 24.0 Å². The van der Waals surface area contributed by atoms with E-state index in [0.717, 1.165) is 11.1 Å². The molecule has 0 spiro atoms. The molecule has 2 N–H and O–H groups in total. The molecule has 6 nitrogen and oxygen atoms in total. The maximum absolute atomic E-state index is 11.9. The molecule has 2 aromatic carbocycles. The summed E-state index contributed by atoms with van der Waals surface area (Å²) in [5.41, 5.74) is 0.806. The van der Waals surface area contributed by atoms with Crippen LogP contribution in [0.5, 0.6) is 5.75 Å². The van der Waals surface area contributed by atoms with Crippen LogP contribution in [0.3, 0.4) is 0 Å². The predicted molar refractivity (Wildman–Crippen MR) is 102 cm³/mol. The highest BCUT2D eigenvalue weighted by Crippen LogP contribution is 2.16. The van der Waals surface area contributed by atoms with Gasteiger partial charge in [-0.3, -0.25) is 0 Å². The number of carboxylic acid groups (broad SMARTS) is 1. The molecule has 0 aliphatic heterocycles. The number of carboxylic acids is 1. The lowest BCUT2D eigenvalue weighted by atomic mass is 10.1. The first kappa shape index (κ1) is 18.8. The minimum Gasteiger partial charge on any atom is -0.489 e. The molecule has 6 heteroatoms. The third-order valence-electron chi connectivity index (χ3n) is 3.57. The molecule has 0 aliphatic rings. The number of carbonyl (C=O) groups is 2. The fourth-order valence-corrected chi connectivity index (χ4v) is 2.32. The molecule has 2 rings (SSSR count). The molecule has 1 amide bonds. The maximum atomic E-state index is 11.9. The van der Waals surface area contributed by atoms with Gasteiger partial charge in [-0.2, -0.15) is 0 Å². The average Bonchev–Trinajstić information content (AvgIpc) is 2.67. The van der Waals surface area contributed by atoms with Crippen LogP contribution in [0.25, 0.3) is 0 Å². The van der Waals surface area contributed by atoms with Crippen LogP contribution in [0, 0.1) is 0 Å². The van der Waals surface area contributed by atoms with Gasteiger partial charge in [0, 0.05) is 7.79 Å². The predicted octanol–water partition coefficient (Wildman–Crippen LogP) is 3.79. The van der Waals surface area contributed by atoms with Crippen molar-refractivity contribution >= 4 is 12.1 Å². The molecule has 27 heavy (non-hydrogen) atoms. The highest BCUT2D eigenvalue weighted by Gasteiger charge is 2.24. The second-order valence-corrected chi connectivity index (χ2v) is 6.81. The number of aliphatic carboxylic acids is 1. The number of alkyl carbamates (subject to hydrolysis) is 1. The van der Waals surface area contributed by atoms with Crippen LogP contribution >= 0.6 is 0 Å². The molecule has 2 aromatic rings. The Kier molecular flexibility index (Phi) is 6.30. The van der Waals surface area contributed by atoms with E-state index in [-0.39, 0.29) is 13.3 Å². The number of hydrogen-bond acceptors (Lipinski definition) is 4. The smallest absolute Gasteiger partial charge is 0.408 e. The molecule has 1 atom stereocenters. The van der Waals surface area contributed by atoms with Crippen LogP contribution in [-0.2, 0) is 22.6 Å². The van der Waals surface area contributed by atoms with Crippen LogP contribution in [0.4, 0.5) is 4.79 Å². The zero-order valence-electron chi connectivity index (χ0n) is 16.5. The summed E-state index contributed by atoms with van der Waals surface area (Å²) in [6.45, 7) is 3.49. The van der Waals surface area contributed by atoms with Crippen molar-refractivity contribution in [3.63, 3.8) is 0 Å². The van der Waals surface area contributed by atoms with E-state index in [0.29, 0.717) is 12.4 Å². The summed E-state index contributed by atoms with van der Waals surface area (Å²) in [4.78, 5) is 23.4. The molecular formula is C21H25NO5. The first-order valence-electron chi connectivity index (χ1n) is 9.27. The lowest BCUT2D eigenvalue weighted by Gasteiger charge is -2.22. The topological polar surface area (TPSA) is 84.9 Å². The number of ether oxygens (including phenoxy) is 2. The monoisotopic (exact) mass is 372 g/mol. The lowest BCUT2D eigenvalue weighted by molar-refractivity contribution is -0.139. The molecule has 0 saturated carbocycles. The molecule has 0 aliphatic carbocycles. The summed E-state index contributed by atoms with van der Waals surface area (Å²) in [5, 5.41) is 11.7. The normalized spacial score (nSPS) is 12.6. The summed E-state index contributed by atoms with van der Waals surface area (Å²) in [5.74, 6) is -0.492. The Balaban J connectivity index is 1.92. The van der Waals surface area contributed by atoms with Gasteiger partial charge in [-0.05, 0) is 44.0 Å². The van der Waals surface area contributed by atoms with Crippen molar-refractivity contribution in [1.82, 2.24) is 5.32 Å². The van der Waals surface area contributed by atoms with Gasteiger partial charge in [0.2, 0.25) is 0 Å². The molecule has 0 bridgehead atoms. The van der Waals surface area contributed by atoms with E-state index in [1.54, 1.807) is 38.1 Å². The Hall–Kier alpha value is -3.02. The molecule has 0 heterocycles. The SMILES string of the molecule is [2H]CC(C)(C)OC(=O)N[C@@H](Cc1ccc(OCc2ccccc2)cc1)C(=O)O.